The fraction of sp³-hybridized carbons (Fsp3) is 0.400. The number of anilines is 1. The number of nitrogens with one attached hydrogen (secondary N) is 1. The number of thiophene rings is 1. The highest BCUT2D eigenvalue weighted by Gasteiger charge is 2.13. The number of carbonyl (C=O) groups excluding carboxylic acids is 1. The molecule has 0 saturated carbocycles. The predicted molar refractivity (Wildman–Crippen MR) is 126 cm³/mol. The summed E-state index contributed by atoms with van der Waals surface area (Å²) >= 11 is 1.84. The van der Waals surface area contributed by atoms with Crippen molar-refractivity contribution < 1.29 is 4.79 Å². The summed E-state index contributed by atoms with van der Waals surface area (Å²) in [6, 6.07) is 14.1. The fourth-order valence-corrected chi connectivity index (χ4v) is 4.91. The second-order valence-corrected chi connectivity index (χ2v) is 9.52. The van der Waals surface area contributed by atoms with Crippen LogP contribution in [-0.2, 0) is 12.8 Å². The number of nitrogens with zero attached hydrogens (tertiary/aromatic N) is 1. The molecule has 0 fully saturated rings. The number of hydrogen-bond donors (Lipinski definition) is 1. The summed E-state index contributed by atoms with van der Waals surface area (Å²) in [5.74, 6) is 0.623. The van der Waals surface area contributed by atoms with Crippen LogP contribution in [0.15, 0.2) is 42.5 Å². The molecule has 3 rings (SSSR count). The van der Waals surface area contributed by atoms with E-state index in [1.165, 1.54) is 26.1 Å². The molecule has 1 aromatic heterocycles. The van der Waals surface area contributed by atoms with Crippen molar-refractivity contribution in [3.8, 4) is 0 Å². The predicted octanol–water partition coefficient (Wildman–Crippen LogP) is 6.15. The summed E-state index contributed by atoms with van der Waals surface area (Å²) in [5.41, 5.74) is 4.15. The van der Waals surface area contributed by atoms with Crippen LogP contribution in [0.5, 0.6) is 0 Å². The van der Waals surface area contributed by atoms with Crippen LogP contribution < -0.4 is 5.32 Å². The first-order valence-corrected chi connectivity index (χ1v) is 11.3. The van der Waals surface area contributed by atoms with Gasteiger partial charge < -0.3 is 10.2 Å². The zero-order chi connectivity index (χ0) is 21.0. The van der Waals surface area contributed by atoms with Gasteiger partial charge in [0.1, 0.15) is 0 Å². The fourth-order valence-electron chi connectivity index (χ4n) is 3.81. The lowest BCUT2D eigenvalue weighted by Gasteiger charge is -2.18. The minimum atomic E-state index is -0.0511. The third-order valence-corrected chi connectivity index (χ3v) is 6.40. The Morgan fingerprint density at radius 2 is 1.97 bits per heavy atom. The van der Waals surface area contributed by atoms with Crippen molar-refractivity contribution in [2.75, 3.05) is 25.5 Å². The summed E-state index contributed by atoms with van der Waals surface area (Å²) in [7, 11) is 2.19. The summed E-state index contributed by atoms with van der Waals surface area (Å²) < 4.78 is 1.29. The van der Waals surface area contributed by atoms with E-state index < -0.39 is 0 Å². The van der Waals surface area contributed by atoms with Crippen LogP contribution in [0.3, 0.4) is 0 Å². The molecule has 0 radical (unpaired) electrons. The molecule has 0 aliphatic rings. The van der Waals surface area contributed by atoms with E-state index in [4.69, 9.17) is 0 Å². The summed E-state index contributed by atoms with van der Waals surface area (Å²) in [6.07, 6.45) is 1.96. The Morgan fingerprint density at radius 3 is 2.69 bits per heavy atom. The average molecular weight is 409 g/mol. The van der Waals surface area contributed by atoms with Gasteiger partial charge in [-0.05, 0) is 79.6 Å². The van der Waals surface area contributed by atoms with Gasteiger partial charge in [-0.3, -0.25) is 4.79 Å². The molecule has 0 spiro atoms. The van der Waals surface area contributed by atoms with Crippen molar-refractivity contribution in [2.24, 2.45) is 5.92 Å². The number of aryl methyl sites for hydroxylation is 2. The summed E-state index contributed by atoms with van der Waals surface area (Å²) in [4.78, 5) is 16.5. The zero-order valence-electron chi connectivity index (χ0n) is 18.2. The molecule has 2 aromatic carbocycles. The Bertz CT molecular complexity index is 990. The second-order valence-electron chi connectivity index (χ2n) is 8.26. The molecule has 4 heteroatoms. The SMILES string of the molecule is CCc1cccc(C(=O)Nc2ccc3sc(C)c(CCN(C)CC(C)C)c3c2)c1. The van der Waals surface area contributed by atoms with Gasteiger partial charge in [0, 0.05) is 33.9 Å². The Kier molecular flexibility index (Phi) is 7.09. The quantitative estimate of drug-likeness (QED) is 0.484. The first kappa shape index (κ1) is 21.5. The maximum absolute atomic E-state index is 12.7. The van der Waals surface area contributed by atoms with Crippen molar-refractivity contribution >= 4 is 33.0 Å². The van der Waals surface area contributed by atoms with E-state index in [9.17, 15) is 4.79 Å². The molecule has 0 unspecified atom stereocenters. The van der Waals surface area contributed by atoms with E-state index in [0.717, 1.165) is 31.6 Å². The molecule has 29 heavy (non-hydrogen) atoms. The van der Waals surface area contributed by atoms with Crippen molar-refractivity contribution in [3.05, 3.63) is 64.0 Å². The number of benzene rings is 2. The monoisotopic (exact) mass is 408 g/mol. The maximum atomic E-state index is 12.7. The van der Waals surface area contributed by atoms with Crippen molar-refractivity contribution in [1.29, 1.82) is 0 Å². The normalized spacial score (nSPS) is 11.6. The molecule has 0 bridgehead atoms. The van der Waals surface area contributed by atoms with Gasteiger partial charge in [-0.2, -0.15) is 0 Å². The first-order chi connectivity index (χ1) is 13.9. The van der Waals surface area contributed by atoms with E-state index in [2.05, 4.69) is 63.2 Å². The number of fused-ring (bicyclic) bond motifs is 1. The standard InChI is InChI=1S/C25H32N2OS/c1-6-19-8-7-9-20(14-19)25(28)26-21-10-11-24-23(15-21)22(18(4)29-24)12-13-27(5)16-17(2)3/h7-11,14-15,17H,6,12-13,16H2,1-5H3,(H,26,28). The number of hydrogen-bond acceptors (Lipinski definition) is 3. The molecular formula is C25H32N2OS. The highest BCUT2D eigenvalue weighted by molar-refractivity contribution is 7.19. The molecule has 0 aliphatic heterocycles. The van der Waals surface area contributed by atoms with Gasteiger partial charge in [0.25, 0.3) is 5.91 Å². The lowest BCUT2D eigenvalue weighted by Crippen LogP contribution is -2.25. The van der Waals surface area contributed by atoms with E-state index >= 15 is 0 Å². The van der Waals surface area contributed by atoms with Crippen LogP contribution in [-0.4, -0.2) is 30.9 Å². The Labute approximate surface area is 178 Å². The molecule has 3 aromatic rings. The molecular weight excluding hydrogens is 376 g/mol. The van der Waals surface area contributed by atoms with Gasteiger partial charge >= 0.3 is 0 Å². The van der Waals surface area contributed by atoms with Crippen molar-refractivity contribution in [3.63, 3.8) is 0 Å². The molecule has 0 atom stereocenters. The minimum Gasteiger partial charge on any atom is -0.322 e. The molecule has 3 nitrogen and oxygen atoms in total. The Morgan fingerprint density at radius 1 is 1.17 bits per heavy atom. The van der Waals surface area contributed by atoms with Crippen LogP contribution in [0, 0.1) is 12.8 Å². The third-order valence-electron chi connectivity index (χ3n) is 5.27. The number of carbonyl (C=O) groups is 1. The van der Waals surface area contributed by atoms with Crippen LogP contribution in [0.4, 0.5) is 5.69 Å². The Balaban J connectivity index is 1.79. The maximum Gasteiger partial charge on any atom is 0.255 e. The summed E-state index contributed by atoms with van der Waals surface area (Å²) in [6.45, 7) is 11.0. The van der Waals surface area contributed by atoms with Gasteiger partial charge in [-0.25, -0.2) is 0 Å². The van der Waals surface area contributed by atoms with Crippen LogP contribution in [0.1, 0.15) is 47.1 Å². The van der Waals surface area contributed by atoms with E-state index in [0.29, 0.717) is 11.5 Å². The zero-order valence-corrected chi connectivity index (χ0v) is 19.0. The van der Waals surface area contributed by atoms with Crippen LogP contribution >= 0.6 is 11.3 Å². The highest BCUT2D eigenvalue weighted by Crippen LogP contribution is 2.33. The minimum absolute atomic E-state index is 0.0511. The molecule has 1 heterocycles. The number of amides is 1. The number of likely N-dealkylation sites (N-methyl/N-ethyl adjacent to an activating group) is 1. The first-order valence-electron chi connectivity index (χ1n) is 10.5. The smallest absolute Gasteiger partial charge is 0.255 e. The van der Waals surface area contributed by atoms with Gasteiger partial charge in [0.15, 0.2) is 0 Å². The van der Waals surface area contributed by atoms with Crippen LogP contribution in [0.2, 0.25) is 0 Å². The topological polar surface area (TPSA) is 32.3 Å². The highest BCUT2D eigenvalue weighted by atomic mass is 32.1. The van der Waals surface area contributed by atoms with Crippen LogP contribution in [0.25, 0.3) is 10.1 Å². The summed E-state index contributed by atoms with van der Waals surface area (Å²) in [5, 5.41) is 4.35. The lowest BCUT2D eigenvalue weighted by molar-refractivity contribution is 0.102. The van der Waals surface area contributed by atoms with E-state index in [1.54, 1.807) is 0 Å². The lowest BCUT2D eigenvalue weighted by atomic mass is 10.1. The molecule has 0 aliphatic carbocycles. The number of rotatable bonds is 8. The molecule has 154 valence electrons. The van der Waals surface area contributed by atoms with Gasteiger partial charge in [0.05, 0.1) is 0 Å². The van der Waals surface area contributed by atoms with E-state index in [1.807, 2.05) is 35.6 Å². The van der Waals surface area contributed by atoms with E-state index in [-0.39, 0.29) is 5.91 Å². The second kappa shape index (κ2) is 9.55. The molecule has 1 amide bonds. The molecule has 0 saturated heterocycles. The van der Waals surface area contributed by atoms with Gasteiger partial charge in [0.2, 0.25) is 0 Å². The largest absolute Gasteiger partial charge is 0.322 e. The van der Waals surface area contributed by atoms with Crippen molar-refractivity contribution in [1.82, 2.24) is 4.90 Å². The molecule has 1 N–H and O–H groups in total. The van der Waals surface area contributed by atoms with Gasteiger partial charge in [-0.15, -0.1) is 11.3 Å². The third kappa shape index (κ3) is 5.46. The Hall–Kier alpha value is -2.17. The van der Waals surface area contributed by atoms with Gasteiger partial charge in [-0.1, -0.05) is 32.9 Å². The van der Waals surface area contributed by atoms with Crippen molar-refractivity contribution in [2.45, 2.75) is 40.5 Å². The average Bonchev–Trinajstić information content (AvgIpc) is 3.00.